The summed E-state index contributed by atoms with van der Waals surface area (Å²) in [5, 5.41) is 43.9. The molecule has 4 aliphatic rings. The Morgan fingerprint density at radius 3 is 2.22 bits per heavy atom. The second-order valence-corrected chi connectivity index (χ2v) is 24.1. The van der Waals surface area contributed by atoms with Gasteiger partial charge in [-0.25, -0.2) is 4.79 Å². The number of piperidine rings is 1. The van der Waals surface area contributed by atoms with Crippen LogP contribution in [0.2, 0.25) is 0 Å². The zero-order valence-electron chi connectivity index (χ0n) is 48.3. The highest BCUT2D eigenvalue weighted by Crippen LogP contribution is 2.39. The van der Waals surface area contributed by atoms with E-state index in [1.54, 1.807) is 34.0 Å². The number of allylic oxidation sites excluding steroid dienone is 6. The van der Waals surface area contributed by atoms with Gasteiger partial charge in [0.05, 0.1) is 42.2 Å². The van der Waals surface area contributed by atoms with Gasteiger partial charge in [-0.05, 0) is 147 Å². The average molecular weight is 1070 g/mol. The summed E-state index contributed by atoms with van der Waals surface area (Å²) in [5.41, 5.74) is -0.0378. The minimum absolute atomic E-state index is 0.00411. The number of aliphatic hydroxyl groups is 4. The maximum Gasteiger partial charge on any atom is 0.329 e. The van der Waals surface area contributed by atoms with Crippen molar-refractivity contribution < 1.29 is 72.8 Å². The monoisotopic (exact) mass is 1070 g/mol. The van der Waals surface area contributed by atoms with Crippen molar-refractivity contribution in [1.82, 2.24) is 4.90 Å². The first-order chi connectivity index (χ1) is 35.7. The van der Waals surface area contributed by atoms with Crippen LogP contribution >= 0.6 is 0 Å². The number of amides is 1. The summed E-state index contributed by atoms with van der Waals surface area (Å²) in [6.45, 7) is 20.9. The van der Waals surface area contributed by atoms with Gasteiger partial charge in [0.2, 0.25) is 5.79 Å². The minimum Gasteiger partial charge on any atom is -0.460 e. The first-order valence-electron chi connectivity index (χ1n) is 28.2. The van der Waals surface area contributed by atoms with Gasteiger partial charge >= 0.3 is 5.97 Å². The summed E-state index contributed by atoms with van der Waals surface area (Å²) in [6.07, 6.45) is 11.5. The molecule has 432 valence electrons. The van der Waals surface area contributed by atoms with Gasteiger partial charge in [0.15, 0.2) is 5.78 Å². The number of methoxy groups -OCH3 is 2. The van der Waals surface area contributed by atoms with Gasteiger partial charge in [-0.2, -0.15) is 0 Å². The molecule has 76 heavy (non-hydrogen) atoms. The molecule has 4 N–H and O–H groups in total. The number of carbonyl (C=O) groups excluding carboxylic acids is 5. The molecular weight excluding hydrogens is 975 g/mol. The third-order valence-electron chi connectivity index (χ3n) is 16.6. The second-order valence-electron chi connectivity index (χ2n) is 24.1. The number of ketones is 3. The van der Waals surface area contributed by atoms with Crippen LogP contribution in [0.5, 0.6) is 0 Å². The fourth-order valence-electron chi connectivity index (χ4n) is 11.3. The first-order valence-corrected chi connectivity index (χ1v) is 28.2. The number of carbonyl (C=O) groups is 5. The number of rotatable bonds is 13. The fourth-order valence-corrected chi connectivity index (χ4v) is 11.3. The van der Waals surface area contributed by atoms with Crippen LogP contribution < -0.4 is 0 Å². The van der Waals surface area contributed by atoms with E-state index in [-0.39, 0.29) is 67.8 Å². The van der Waals surface area contributed by atoms with Crippen LogP contribution in [0.3, 0.4) is 0 Å². The summed E-state index contributed by atoms with van der Waals surface area (Å²) in [5.74, 6) is -8.32. The SMILES string of the molecule is CO[C@@H]1C[C@H](C[C@@H](C)[C@@H]2CC(=O)[C@H](C)/C=C(\C)[C@@H](O)[C@@H](OC)C(=O)[C@H](C)C[C@H](C)/C=C/C=C/C=C(\C)[C@@H](OC(C)(C)CCOC(C)(C)CCO)C[C@@H]3CC[C@@H](C)[C@@](O)(O3)C(=O)C(=O)N3CCCC[C@H]3C(=O)O2)CC[C@H]1O. The molecule has 0 radical (unpaired) electrons. The Balaban J connectivity index is 1.74. The Morgan fingerprint density at radius 2 is 1.55 bits per heavy atom. The molecule has 0 spiro atoms. The van der Waals surface area contributed by atoms with Crippen molar-refractivity contribution in [3.63, 3.8) is 0 Å². The average Bonchev–Trinajstić information content (AvgIpc) is 3.36. The van der Waals surface area contributed by atoms with E-state index in [9.17, 15) is 44.4 Å². The number of hydrogen-bond donors (Lipinski definition) is 4. The largest absolute Gasteiger partial charge is 0.460 e. The Labute approximate surface area is 454 Å². The van der Waals surface area contributed by atoms with E-state index in [1.165, 1.54) is 12.0 Å². The molecule has 1 aliphatic carbocycles. The number of fused-ring (bicyclic) bond motifs is 3. The van der Waals surface area contributed by atoms with E-state index in [2.05, 4.69) is 0 Å². The van der Waals surface area contributed by atoms with Crippen LogP contribution in [0.4, 0.5) is 0 Å². The molecule has 2 bridgehead atoms. The van der Waals surface area contributed by atoms with Crippen LogP contribution in [0.15, 0.2) is 47.6 Å². The van der Waals surface area contributed by atoms with E-state index >= 15 is 0 Å². The molecule has 0 aromatic heterocycles. The maximum absolute atomic E-state index is 14.6. The van der Waals surface area contributed by atoms with Crippen molar-refractivity contribution in [1.29, 1.82) is 0 Å². The van der Waals surface area contributed by atoms with E-state index in [1.807, 2.05) is 85.8 Å². The zero-order valence-corrected chi connectivity index (χ0v) is 48.3. The summed E-state index contributed by atoms with van der Waals surface area (Å²) in [7, 11) is 2.94. The van der Waals surface area contributed by atoms with Crippen molar-refractivity contribution in [3.05, 3.63) is 47.6 Å². The van der Waals surface area contributed by atoms with E-state index in [0.29, 0.717) is 82.8 Å². The van der Waals surface area contributed by atoms with Gasteiger partial charge in [0, 0.05) is 58.0 Å². The molecule has 0 unspecified atom stereocenters. The molecule has 0 aromatic rings. The highest BCUT2D eigenvalue weighted by Gasteiger charge is 2.53. The number of nitrogens with zero attached hydrogens (tertiary/aromatic N) is 1. The minimum atomic E-state index is -2.50. The van der Waals surface area contributed by atoms with Crippen molar-refractivity contribution in [2.45, 2.75) is 232 Å². The van der Waals surface area contributed by atoms with E-state index < -0.39 is 95.1 Å². The molecule has 16 nitrogen and oxygen atoms in total. The van der Waals surface area contributed by atoms with Gasteiger partial charge < -0.3 is 53.7 Å². The number of aliphatic hydroxyl groups excluding tert-OH is 3. The molecule has 4 rings (SSSR count). The Hall–Kier alpha value is -3.45. The third-order valence-corrected chi connectivity index (χ3v) is 16.6. The summed E-state index contributed by atoms with van der Waals surface area (Å²) < 4.78 is 36.9. The lowest BCUT2D eigenvalue weighted by Crippen LogP contribution is -2.61. The standard InChI is InChI=1S/C60H97NO15/c1-37-19-15-14-16-20-38(2)50(76-59(10,11)27-30-73-58(8,9)26-29-62)35-45-24-22-43(7)60(70,75-45)55(67)56(68)61-28-18-17-21-46(61)57(69)74-49(40(4)33-44-23-25-47(63)51(34-44)71-12)36-48(64)39(3)32-42(6)53(66)54(72-13)52(65)41(5)31-37/h14-16,19-20,32,37,39-41,43-47,49-51,53-54,62-63,66,70H,17-18,21-31,33-36H2,1-13H3/b16-14+,19-15+,38-20+,42-32+/t37-,39-,40-,41-,43-,44+,45+,46+,47-,49+,50+,51-,53-,54+,60-/m1/s1. The second kappa shape index (κ2) is 29.7. The number of ether oxygens (including phenoxy) is 6. The Morgan fingerprint density at radius 1 is 0.842 bits per heavy atom. The van der Waals surface area contributed by atoms with Gasteiger partial charge in [-0.1, -0.05) is 71.1 Å². The lowest BCUT2D eigenvalue weighted by atomic mass is 9.78. The Bertz CT molecular complexity index is 2040. The normalized spacial score (nSPS) is 36.8. The highest BCUT2D eigenvalue weighted by molar-refractivity contribution is 6.39. The first kappa shape index (κ1) is 65.1. The lowest BCUT2D eigenvalue weighted by Gasteiger charge is -2.43. The zero-order chi connectivity index (χ0) is 56.7. The van der Waals surface area contributed by atoms with E-state index in [4.69, 9.17) is 28.4 Å². The smallest absolute Gasteiger partial charge is 0.329 e. The van der Waals surface area contributed by atoms with Crippen molar-refractivity contribution in [2.24, 2.45) is 35.5 Å². The molecule has 1 amide bonds. The van der Waals surface area contributed by atoms with Crippen LogP contribution in [0.1, 0.15) is 166 Å². The topological polar surface area (TPSA) is 225 Å². The summed E-state index contributed by atoms with van der Waals surface area (Å²) in [4.78, 5) is 73.0. The van der Waals surface area contributed by atoms with Crippen molar-refractivity contribution in [3.8, 4) is 0 Å². The van der Waals surface area contributed by atoms with Crippen molar-refractivity contribution >= 4 is 29.2 Å². The van der Waals surface area contributed by atoms with Gasteiger partial charge in [0.25, 0.3) is 11.7 Å². The number of Topliss-reactive ketones (excluding diaryl/α,β-unsaturated/α-hetero) is 3. The van der Waals surface area contributed by atoms with Crippen LogP contribution in [-0.2, 0) is 52.4 Å². The lowest BCUT2D eigenvalue weighted by molar-refractivity contribution is -0.267. The summed E-state index contributed by atoms with van der Waals surface area (Å²) in [6, 6.07) is -1.18. The molecule has 3 heterocycles. The highest BCUT2D eigenvalue weighted by atomic mass is 16.6. The quantitative estimate of drug-likeness (QED) is 0.0782. The molecule has 2 saturated heterocycles. The summed E-state index contributed by atoms with van der Waals surface area (Å²) >= 11 is 0. The van der Waals surface area contributed by atoms with Gasteiger partial charge in [0.1, 0.15) is 30.1 Å². The van der Waals surface area contributed by atoms with Crippen molar-refractivity contribution in [2.75, 3.05) is 34.0 Å². The predicted molar refractivity (Wildman–Crippen MR) is 290 cm³/mol. The Kier molecular flexibility index (Phi) is 25.4. The molecule has 3 aliphatic heterocycles. The molecule has 1 saturated carbocycles. The number of esters is 1. The van der Waals surface area contributed by atoms with Gasteiger partial charge in [-0.15, -0.1) is 0 Å². The third kappa shape index (κ3) is 18.6. The predicted octanol–water partition coefficient (Wildman–Crippen LogP) is 7.90. The van der Waals surface area contributed by atoms with Gasteiger partial charge in [-0.3, -0.25) is 19.2 Å². The van der Waals surface area contributed by atoms with Crippen LogP contribution in [0.25, 0.3) is 0 Å². The number of hydrogen-bond acceptors (Lipinski definition) is 15. The number of cyclic esters (lactones) is 1. The molecule has 15 atom stereocenters. The molecular formula is C60H97NO15. The molecule has 3 fully saturated rings. The van der Waals surface area contributed by atoms with Crippen LogP contribution in [0, 0.1) is 35.5 Å². The van der Waals surface area contributed by atoms with E-state index in [0.717, 1.165) is 5.57 Å². The molecule has 0 aromatic carbocycles. The fraction of sp³-hybridized carbons (Fsp3) is 0.783. The molecule has 16 heteroatoms. The maximum atomic E-state index is 14.6. The van der Waals surface area contributed by atoms with Crippen LogP contribution in [-0.4, -0.2) is 154 Å².